The minimum absolute atomic E-state index is 0.318. The molecule has 0 radical (unpaired) electrons. The summed E-state index contributed by atoms with van der Waals surface area (Å²) >= 11 is -1.15. The van der Waals surface area contributed by atoms with Crippen LogP contribution >= 0.6 is 12.0 Å². The third-order valence-corrected chi connectivity index (χ3v) is 3.86. The van der Waals surface area contributed by atoms with Crippen molar-refractivity contribution in [1.29, 1.82) is 0 Å². The lowest BCUT2D eigenvalue weighted by Crippen LogP contribution is -2.47. The normalized spacial score (nSPS) is 14.0. The van der Waals surface area contributed by atoms with Crippen molar-refractivity contribution >= 4 is 28.8 Å². The summed E-state index contributed by atoms with van der Waals surface area (Å²) in [5, 5.41) is 9.44. The number of carbonyl (C=O) groups is 1. The molecule has 0 saturated carbocycles. The van der Waals surface area contributed by atoms with Gasteiger partial charge in [0, 0.05) is 0 Å². The van der Waals surface area contributed by atoms with Crippen LogP contribution in [-0.4, -0.2) is 30.4 Å². The molecule has 6 nitrogen and oxygen atoms in total. The lowest BCUT2D eigenvalue weighted by atomic mass is 10.1. The summed E-state index contributed by atoms with van der Waals surface area (Å²) in [6.45, 7) is -0.978. The maximum atomic E-state index is 13.8. The number of fused-ring (bicyclic) bond motifs is 1. The fourth-order valence-electron chi connectivity index (χ4n) is 1.90. The first kappa shape index (κ1) is 20.2. The van der Waals surface area contributed by atoms with E-state index in [1.54, 1.807) is 18.2 Å². The monoisotopic (exact) mass is 395 g/mol. The lowest BCUT2D eigenvalue weighted by Gasteiger charge is -2.23. The van der Waals surface area contributed by atoms with Crippen molar-refractivity contribution in [2.45, 2.75) is 11.2 Å². The Morgan fingerprint density at radius 2 is 1.73 bits per heavy atom. The molecular weight excluding hydrogens is 384 g/mol. The number of rotatable bonds is 8. The van der Waals surface area contributed by atoms with Crippen molar-refractivity contribution in [2.24, 2.45) is 0 Å². The van der Waals surface area contributed by atoms with Gasteiger partial charge in [0.2, 0.25) is 0 Å². The molecule has 0 N–H and O–H groups in total. The molecule has 1 unspecified atom stereocenters. The van der Waals surface area contributed by atoms with Crippen LogP contribution in [0.5, 0.6) is 5.75 Å². The first-order valence-corrected chi connectivity index (χ1v) is 7.71. The zero-order chi connectivity index (χ0) is 19.2. The molecule has 0 aliphatic carbocycles. The van der Waals surface area contributed by atoms with E-state index in [0.29, 0.717) is 5.75 Å². The highest BCUT2D eigenvalue weighted by Crippen LogP contribution is 2.44. The molecular formula is C15H11F4O6S-. The third kappa shape index (κ3) is 4.75. The zero-order valence-corrected chi connectivity index (χ0v) is 13.6. The summed E-state index contributed by atoms with van der Waals surface area (Å²) in [7, 11) is 0. The highest BCUT2D eigenvalue weighted by atomic mass is 32.2. The van der Waals surface area contributed by atoms with E-state index in [-0.39, 0.29) is 6.61 Å². The maximum Gasteiger partial charge on any atom is 0.446 e. The second-order valence-corrected chi connectivity index (χ2v) is 5.67. The van der Waals surface area contributed by atoms with Crippen molar-refractivity contribution < 1.29 is 46.5 Å². The highest BCUT2D eigenvalue weighted by molar-refractivity contribution is 7.96. The Morgan fingerprint density at radius 3 is 2.38 bits per heavy atom. The number of hydrogen-bond acceptors (Lipinski definition) is 7. The molecule has 2 aromatic rings. The maximum absolute atomic E-state index is 13.8. The van der Waals surface area contributed by atoms with Crippen LogP contribution in [-0.2, 0) is 18.9 Å². The minimum atomic E-state index is -5.69. The third-order valence-electron chi connectivity index (χ3n) is 3.11. The first-order chi connectivity index (χ1) is 12.3. The van der Waals surface area contributed by atoms with Crippen LogP contribution < -0.4 is 9.99 Å². The molecule has 0 aromatic heterocycles. The molecule has 0 aliphatic rings. The van der Waals surface area contributed by atoms with Gasteiger partial charge in [0.15, 0.2) is 0 Å². The molecule has 0 heterocycles. The summed E-state index contributed by atoms with van der Waals surface area (Å²) in [4.78, 5) is 11.4. The van der Waals surface area contributed by atoms with Crippen LogP contribution in [0.1, 0.15) is 0 Å². The van der Waals surface area contributed by atoms with Gasteiger partial charge in [-0.25, -0.2) is 9.18 Å². The Balaban J connectivity index is 1.89. The number of carbonyl (C=O) groups excluding carboxylic acids is 1. The van der Waals surface area contributed by atoms with E-state index in [2.05, 4.69) is 14.1 Å². The predicted octanol–water partition coefficient (Wildman–Crippen LogP) is 2.86. The van der Waals surface area contributed by atoms with Crippen LogP contribution in [0.2, 0.25) is 0 Å². The molecule has 11 heteroatoms. The van der Waals surface area contributed by atoms with Gasteiger partial charge in [0.1, 0.15) is 19.0 Å². The van der Waals surface area contributed by atoms with Crippen LogP contribution in [0.25, 0.3) is 10.8 Å². The standard InChI is InChI=1S/C15H12F4O6S/c16-14(15(17,18)19,26-25-24-21)13(20)23-8-7-22-12-6-5-10-3-1-2-4-11(10)9-12/h1-6,9,21H,7-8H2/p-1. The van der Waals surface area contributed by atoms with Gasteiger partial charge in [0.25, 0.3) is 0 Å². The predicted molar refractivity (Wildman–Crippen MR) is 80.1 cm³/mol. The molecule has 0 bridgehead atoms. The number of alkyl halides is 4. The van der Waals surface area contributed by atoms with Crippen molar-refractivity contribution in [3.05, 3.63) is 42.5 Å². The zero-order valence-electron chi connectivity index (χ0n) is 12.8. The summed E-state index contributed by atoms with van der Waals surface area (Å²) in [6, 6.07) is 12.4. The summed E-state index contributed by atoms with van der Waals surface area (Å²) in [5.74, 6) is -1.91. The van der Waals surface area contributed by atoms with Gasteiger partial charge in [-0.05, 0) is 22.9 Å². The number of esters is 1. The van der Waals surface area contributed by atoms with Crippen molar-refractivity contribution in [3.63, 3.8) is 0 Å². The molecule has 0 aliphatic heterocycles. The van der Waals surface area contributed by atoms with E-state index in [9.17, 15) is 27.6 Å². The summed E-state index contributed by atoms with van der Waals surface area (Å²) in [5.41, 5.74) is 0. The van der Waals surface area contributed by atoms with Crippen LogP contribution in [0.4, 0.5) is 17.6 Å². The van der Waals surface area contributed by atoms with Crippen LogP contribution in [0, 0.1) is 0 Å². The largest absolute Gasteiger partial charge is 0.691 e. The molecule has 1 atom stereocenters. The first-order valence-electron chi connectivity index (χ1n) is 6.97. The Hall–Kier alpha value is -2.08. The van der Waals surface area contributed by atoms with Crippen LogP contribution in [0.15, 0.2) is 42.5 Å². The minimum Gasteiger partial charge on any atom is -0.691 e. The van der Waals surface area contributed by atoms with E-state index in [1.165, 1.54) is 0 Å². The molecule has 26 heavy (non-hydrogen) atoms. The average Bonchev–Trinajstić information content (AvgIpc) is 2.61. The lowest BCUT2D eigenvalue weighted by molar-refractivity contribution is -0.777. The second kappa shape index (κ2) is 8.54. The summed E-state index contributed by atoms with van der Waals surface area (Å²) < 4.78 is 64.5. The quantitative estimate of drug-likeness (QED) is 0.170. The van der Waals surface area contributed by atoms with Gasteiger partial charge in [-0.3, -0.25) is 5.04 Å². The van der Waals surface area contributed by atoms with Crippen molar-refractivity contribution in [2.75, 3.05) is 13.2 Å². The van der Waals surface area contributed by atoms with E-state index < -0.39 is 35.8 Å². The van der Waals surface area contributed by atoms with Crippen molar-refractivity contribution in [3.8, 4) is 5.75 Å². The number of hydrogen-bond donors (Lipinski definition) is 0. The molecule has 0 amide bonds. The summed E-state index contributed by atoms with van der Waals surface area (Å²) in [6.07, 6.45) is -5.69. The fourth-order valence-corrected chi connectivity index (χ4v) is 2.24. The average molecular weight is 395 g/mol. The molecule has 0 spiro atoms. The molecule has 2 aromatic carbocycles. The molecule has 2 rings (SSSR count). The number of ether oxygens (including phenoxy) is 2. The smallest absolute Gasteiger partial charge is 0.446 e. The Morgan fingerprint density at radius 1 is 1.04 bits per heavy atom. The Labute approximate surface area is 148 Å². The Bertz CT molecular complexity index is 756. The van der Waals surface area contributed by atoms with E-state index in [4.69, 9.17) is 4.74 Å². The van der Waals surface area contributed by atoms with Gasteiger partial charge >= 0.3 is 17.1 Å². The molecule has 142 valence electrons. The van der Waals surface area contributed by atoms with Crippen molar-refractivity contribution in [1.82, 2.24) is 0 Å². The topological polar surface area (TPSA) is 77.1 Å². The Kier molecular flexibility index (Phi) is 6.64. The molecule has 0 saturated heterocycles. The van der Waals surface area contributed by atoms with E-state index >= 15 is 0 Å². The van der Waals surface area contributed by atoms with Gasteiger partial charge in [-0.2, -0.15) is 17.5 Å². The second-order valence-electron chi connectivity index (χ2n) is 4.81. The number of benzene rings is 2. The van der Waals surface area contributed by atoms with Crippen LogP contribution in [0.3, 0.4) is 0 Å². The van der Waals surface area contributed by atoms with E-state index in [1.807, 2.05) is 24.3 Å². The fraction of sp³-hybridized carbons (Fsp3) is 0.267. The van der Waals surface area contributed by atoms with Gasteiger partial charge in [-0.1, -0.05) is 30.3 Å². The van der Waals surface area contributed by atoms with E-state index in [0.717, 1.165) is 10.8 Å². The van der Waals surface area contributed by atoms with Gasteiger partial charge < -0.3 is 14.7 Å². The van der Waals surface area contributed by atoms with Gasteiger partial charge in [-0.15, -0.1) is 0 Å². The highest BCUT2D eigenvalue weighted by Gasteiger charge is 2.65. The SMILES string of the molecule is O=C(OCCOc1ccc2ccccc2c1)C(F)(SOO[O-])C(F)(F)F. The van der Waals surface area contributed by atoms with Gasteiger partial charge in [0.05, 0.1) is 12.0 Å². The number of halogens is 4. The molecule has 0 fully saturated rings.